The van der Waals surface area contributed by atoms with Crippen LogP contribution in [0.5, 0.6) is 0 Å². The number of Topliss-reactive ketones (excluding diaryl/α,β-unsaturated/α-hetero) is 1. The maximum absolute atomic E-state index is 13.6. The van der Waals surface area contributed by atoms with E-state index in [2.05, 4.69) is 34.7 Å². The first-order valence-electron chi connectivity index (χ1n) is 12.7. The fourth-order valence-corrected chi connectivity index (χ4v) is 5.31. The Labute approximate surface area is 214 Å². The molecule has 7 nitrogen and oxygen atoms in total. The molecule has 2 N–H and O–H groups in total. The molecular weight excluding hydrogens is 469 g/mol. The van der Waals surface area contributed by atoms with E-state index in [1.165, 1.54) is 16.9 Å². The van der Waals surface area contributed by atoms with E-state index in [1.807, 2.05) is 30.4 Å². The quantitative estimate of drug-likeness (QED) is 0.500. The second kappa shape index (κ2) is 9.10. The fourth-order valence-electron chi connectivity index (χ4n) is 5.31. The number of fused-ring (bicyclic) bond motifs is 1. The number of rotatable bonds is 5. The Morgan fingerprint density at radius 3 is 2.73 bits per heavy atom. The number of carbonyl (C=O) groups excluding carboxylic acids is 2. The molecule has 3 heterocycles. The lowest BCUT2D eigenvalue weighted by atomic mass is 9.77. The van der Waals surface area contributed by atoms with Crippen molar-refractivity contribution in [3.05, 3.63) is 83.2 Å². The van der Waals surface area contributed by atoms with Crippen molar-refractivity contribution in [3.63, 3.8) is 0 Å². The summed E-state index contributed by atoms with van der Waals surface area (Å²) in [6.45, 7) is 4.13. The number of amides is 1. The number of carbonyl (C=O) groups is 2. The smallest absolute Gasteiger partial charge is 0.243 e. The molecule has 6 rings (SSSR count). The summed E-state index contributed by atoms with van der Waals surface area (Å²) in [6, 6.07) is 10.2. The predicted molar refractivity (Wildman–Crippen MR) is 139 cm³/mol. The minimum Gasteiger partial charge on any atom is -0.342 e. The van der Waals surface area contributed by atoms with Gasteiger partial charge in [0, 0.05) is 46.9 Å². The lowest BCUT2D eigenvalue weighted by molar-refractivity contribution is -0.119. The molecular formula is C29H28FN5O2. The minimum absolute atomic E-state index is 0.0200. The number of aromatic nitrogens is 3. The molecule has 1 aromatic carbocycles. The molecule has 4 atom stereocenters. The average molecular weight is 498 g/mol. The zero-order valence-corrected chi connectivity index (χ0v) is 20.7. The van der Waals surface area contributed by atoms with Gasteiger partial charge in [0.1, 0.15) is 5.82 Å². The second-order valence-electron chi connectivity index (χ2n) is 10.4. The standard InChI is InChI=1S/C29H28FN5O2/c1-16-10-25-27(26(36)11-16)22(24-15-32-35(28(24)33-25)34-29(37)23-12-17(23)2)9-8-21-7-6-19(14-31-21)18-4-3-5-20(30)13-18/h3-9,13-17,22-23,33H,10-12H2,1-2H3,(H,34,37)/b9-8+. The number of pyridine rings is 1. The summed E-state index contributed by atoms with van der Waals surface area (Å²) in [7, 11) is 0. The van der Waals surface area contributed by atoms with Crippen LogP contribution >= 0.6 is 0 Å². The summed E-state index contributed by atoms with van der Waals surface area (Å²) in [6.07, 6.45) is 9.45. The van der Waals surface area contributed by atoms with Crippen LogP contribution in [-0.2, 0) is 9.59 Å². The largest absolute Gasteiger partial charge is 0.342 e. The molecule has 3 aliphatic rings. The number of halogens is 1. The molecule has 1 saturated carbocycles. The number of hydrogen-bond donors (Lipinski definition) is 2. The van der Waals surface area contributed by atoms with E-state index in [-0.39, 0.29) is 35.3 Å². The molecule has 0 bridgehead atoms. The Bertz CT molecular complexity index is 1460. The predicted octanol–water partition coefficient (Wildman–Crippen LogP) is 5.29. The van der Waals surface area contributed by atoms with Crippen LogP contribution in [0.2, 0.25) is 0 Å². The van der Waals surface area contributed by atoms with Crippen LogP contribution < -0.4 is 10.7 Å². The highest BCUT2D eigenvalue weighted by Crippen LogP contribution is 2.44. The zero-order chi connectivity index (χ0) is 25.7. The van der Waals surface area contributed by atoms with Crippen molar-refractivity contribution >= 4 is 23.6 Å². The fraction of sp³-hybridized carbons (Fsp3) is 0.310. The van der Waals surface area contributed by atoms with Gasteiger partial charge in [0.15, 0.2) is 11.6 Å². The van der Waals surface area contributed by atoms with E-state index in [0.717, 1.165) is 46.5 Å². The molecule has 0 spiro atoms. The van der Waals surface area contributed by atoms with Crippen LogP contribution in [-0.4, -0.2) is 26.6 Å². The maximum atomic E-state index is 13.6. The highest BCUT2D eigenvalue weighted by atomic mass is 19.1. The minimum atomic E-state index is -0.304. The molecule has 2 aliphatic carbocycles. The van der Waals surface area contributed by atoms with Crippen LogP contribution in [0, 0.1) is 23.6 Å². The van der Waals surface area contributed by atoms with E-state index in [9.17, 15) is 14.0 Å². The summed E-state index contributed by atoms with van der Waals surface area (Å²) < 4.78 is 13.6. The van der Waals surface area contributed by atoms with Gasteiger partial charge >= 0.3 is 0 Å². The van der Waals surface area contributed by atoms with E-state index < -0.39 is 0 Å². The maximum Gasteiger partial charge on any atom is 0.243 e. The van der Waals surface area contributed by atoms with Crippen molar-refractivity contribution in [1.29, 1.82) is 0 Å². The van der Waals surface area contributed by atoms with Gasteiger partial charge in [-0.05, 0) is 54.5 Å². The molecule has 1 aliphatic heterocycles. The number of nitrogens with zero attached hydrogens (tertiary/aromatic N) is 3. The molecule has 188 valence electrons. The van der Waals surface area contributed by atoms with Crippen molar-refractivity contribution in [2.45, 2.75) is 39.0 Å². The van der Waals surface area contributed by atoms with Crippen LogP contribution in [0.1, 0.15) is 50.3 Å². The summed E-state index contributed by atoms with van der Waals surface area (Å²) in [5.74, 6) is 0.824. The molecule has 4 unspecified atom stereocenters. The van der Waals surface area contributed by atoms with Gasteiger partial charge in [-0.3, -0.25) is 14.6 Å². The Balaban J connectivity index is 1.31. The number of hydrogen-bond acceptors (Lipinski definition) is 5. The van der Waals surface area contributed by atoms with Crippen molar-refractivity contribution < 1.29 is 14.0 Å². The van der Waals surface area contributed by atoms with E-state index in [4.69, 9.17) is 0 Å². The lowest BCUT2D eigenvalue weighted by Gasteiger charge is -2.33. The average Bonchev–Trinajstić information content (AvgIpc) is 3.49. The third-order valence-electron chi connectivity index (χ3n) is 7.49. The summed E-state index contributed by atoms with van der Waals surface area (Å²) >= 11 is 0. The zero-order valence-electron chi connectivity index (χ0n) is 20.7. The van der Waals surface area contributed by atoms with Gasteiger partial charge in [0.2, 0.25) is 5.91 Å². The number of ketones is 1. The second-order valence-corrected chi connectivity index (χ2v) is 10.4. The van der Waals surface area contributed by atoms with Crippen LogP contribution in [0.3, 0.4) is 0 Å². The summed E-state index contributed by atoms with van der Waals surface area (Å²) in [4.78, 5) is 31.8. The molecule has 2 aromatic heterocycles. The molecule has 1 amide bonds. The monoisotopic (exact) mass is 497 g/mol. The summed E-state index contributed by atoms with van der Waals surface area (Å²) in [5, 5.41) is 7.84. The van der Waals surface area contributed by atoms with Crippen molar-refractivity contribution in [2.24, 2.45) is 17.8 Å². The van der Waals surface area contributed by atoms with Crippen LogP contribution in [0.15, 0.2) is 66.1 Å². The molecule has 1 fully saturated rings. The van der Waals surface area contributed by atoms with Crippen molar-refractivity contribution in [1.82, 2.24) is 14.9 Å². The van der Waals surface area contributed by atoms with Gasteiger partial charge < -0.3 is 5.32 Å². The molecule has 3 aromatic rings. The lowest BCUT2D eigenvalue weighted by Crippen LogP contribution is -2.32. The van der Waals surface area contributed by atoms with Crippen molar-refractivity contribution in [2.75, 3.05) is 10.7 Å². The molecule has 8 heteroatoms. The summed E-state index contributed by atoms with van der Waals surface area (Å²) in [5.41, 5.74) is 7.69. The molecule has 0 saturated heterocycles. The van der Waals surface area contributed by atoms with Crippen LogP contribution in [0.25, 0.3) is 17.2 Å². The van der Waals surface area contributed by atoms with Gasteiger partial charge in [0.05, 0.1) is 11.9 Å². The highest BCUT2D eigenvalue weighted by molar-refractivity contribution is 6.01. The van der Waals surface area contributed by atoms with Gasteiger partial charge in [-0.25, -0.2) is 9.82 Å². The van der Waals surface area contributed by atoms with Gasteiger partial charge in [-0.1, -0.05) is 38.1 Å². The normalized spacial score (nSPS) is 24.5. The Morgan fingerprint density at radius 1 is 1.16 bits per heavy atom. The number of nitrogens with one attached hydrogen (secondary N) is 2. The highest BCUT2D eigenvalue weighted by Gasteiger charge is 2.41. The number of benzene rings is 1. The third kappa shape index (κ3) is 4.48. The first kappa shape index (κ1) is 23.3. The number of allylic oxidation sites excluding steroid dienone is 3. The van der Waals surface area contributed by atoms with Crippen LogP contribution in [0.4, 0.5) is 10.2 Å². The SMILES string of the molecule is CC1CC(=O)C2=C(C1)Nc1c(cnn1NC(=O)C1CC1C)C2/C=C/c1ccc(-c2cccc(F)c2)cn1. The third-order valence-corrected chi connectivity index (χ3v) is 7.49. The topological polar surface area (TPSA) is 88.9 Å². The number of anilines is 1. The molecule has 37 heavy (non-hydrogen) atoms. The first-order chi connectivity index (χ1) is 17.9. The molecule has 0 radical (unpaired) electrons. The Morgan fingerprint density at radius 2 is 2.00 bits per heavy atom. The first-order valence-corrected chi connectivity index (χ1v) is 12.7. The van der Waals surface area contributed by atoms with E-state index in [1.54, 1.807) is 18.5 Å². The van der Waals surface area contributed by atoms with Gasteiger partial charge in [0.25, 0.3) is 0 Å². The van der Waals surface area contributed by atoms with E-state index >= 15 is 0 Å². The Kier molecular flexibility index (Phi) is 5.74. The van der Waals surface area contributed by atoms with Gasteiger partial charge in [-0.15, -0.1) is 0 Å². The van der Waals surface area contributed by atoms with Gasteiger partial charge in [-0.2, -0.15) is 9.89 Å². The van der Waals surface area contributed by atoms with Crippen molar-refractivity contribution in [3.8, 4) is 11.1 Å². The van der Waals surface area contributed by atoms with E-state index in [0.29, 0.717) is 18.2 Å². The Hall–Kier alpha value is -4.07.